The molecule has 8 nitrogen and oxygen atoms in total. The van der Waals surface area contributed by atoms with Crippen LogP contribution in [-0.2, 0) is 11.8 Å². The largest absolute Gasteiger partial charge is 0.465 e. The Kier molecular flexibility index (Phi) is 2.99. The predicted octanol–water partition coefficient (Wildman–Crippen LogP) is 1.88. The van der Waals surface area contributed by atoms with E-state index in [1.165, 1.54) is 13.4 Å². The van der Waals surface area contributed by atoms with E-state index in [0.29, 0.717) is 28.1 Å². The first kappa shape index (κ1) is 14.2. The van der Waals surface area contributed by atoms with Gasteiger partial charge in [-0.25, -0.2) is 19.4 Å². The minimum Gasteiger partial charge on any atom is -0.465 e. The van der Waals surface area contributed by atoms with Gasteiger partial charge in [-0.05, 0) is 18.2 Å². The molecule has 0 saturated heterocycles. The molecule has 3 N–H and O–H groups in total. The first-order valence-electron chi connectivity index (χ1n) is 7.23. The summed E-state index contributed by atoms with van der Waals surface area (Å²) >= 11 is 0. The number of fused-ring (bicyclic) bond motifs is 2. The number of rotatable bonds is 2. The number of carbonyl (C=O) groups excluding carboxylic acids is 1. The second-order valence-corrected chi connectivity index (χ2v) is 5.41. The monoisotopic (exact) mass is 322 g/mol. The maximum absolute atomic E-state index is 11.7. The number of anilines is 1. The van der Waals surface area contributed by atoms with Crippen molar-refractivity contribution in [2.24, 2.45) is 7.05 Å². The van der Waals surface area contributed by atoms with Gasteiger partial charge < -0.3 is 15.5 Å². The van der Waals surface area contributed by atoms with Gasteiger partial charge in [0.15, 0.2) is 5.65 Å². The van der Waals surface area contributed by atoms with Crippen LogP contribution in [0.1, 0.15) is 10.4 Å². The van der Waals surface area contributed by atoms with Crippen LogP contribution in [0.4, 0.5) is 5.82 Å². The number of aromatic nitrogens is 5. The molecule has 0 atom stereocenters. The van der Waals surface area contributed by atoms with Crippen molar-refractivity contribution in [1.82, 2.24) is 24.7 Å². The fourth-order valence-corrected chi connectivity index (χ4v) is 2.80. The van der Waals surface area contributed by atoms with Gasteiger partial charge in [0.1, 0.15) is 17.8 Å². The van der Waals surface area contributed by atoms with E-state index in [4.69, 9.17) is 10.5 Å². The third-order valence-corrected chi connectivity index (χ3v) is 3.95. The van der Waals surface area contributed by atoms with E-state index in [1.807, 2.05) is 12.1 Å². The van der Waals surface area contributed by atoms with Crippen LogP contribution >= 0.6 is 0 Å². The summed E-state index contributed by atoms with van der Waals surface area (Å²) in [4.78, 5) is 23.2. The molecule has 0 radical (unpaired) electrons. The highest BCUT2D eigenvalue weighted by atomic mass is 16.5. The van der Waals surface area contributed by atoms with Crippen molar-refractivity contribution < 1.29 is 9.53 Å². The maximum atomic E-state index is 11.7. The summed E-state index contributed by atoms with van der Waals surface area (Å²) in [6.07, 6.45) is 1.41. The lowest BCUT2D eigenvalue weighted by Gasteiger charge is -1.98. The molecular formula is C16H14N6O2. The van der Waals surface area contributed by atoms with E-state index in [1.54, 1.807) is 23.9 Å². The molecule has 4 aromatic rings. The van der Waals surface area contributed by atoms with Gasteiger partial charge in [-0.1, -0.05) is 6.07 Å². The molecule has 0 spiro atoms. The van der Waals surface area contributed by atoms with E-state index in [0.717, 1.165) is 16.6 Å². The van der Waals surface area contributed by atoms with Crippen LogP contribution in [-0.4, -0.2) is 37.8 Å². The number of aromatic amines is 1. The van der Waals surface area contributed by atoms with Gasteiger partial charge in [0.05, 0.1) is 23.8 Å². The molecule has 0 aliphatic heterocycles. The summed E-state index contributed by atoms with van der Waals surface area (Å²) in [6.45, 7) is 0. The molecule has 0 bridgehead atoms. The Morgan fingerprint density at radius 1 is 1.29 bits per heavy atom. The minimum atomic E-state index is -0.381. The number of hydrogen-bond donors (Lipinski definition) is 2. The van der Waals surface area contributed by atoms with Gasteiger partial charge in [0.2, 0.25) is 0 Å². The van der Waals surface area contributed by atoms with E-state index in [-0.39, 0.29) is 5.97 Å². The average Bonchev–Trinajstić information content (AvgIpc) is 3.15. The van der Waals surface area contributed by atoms with Crippen molar-refractivity contribution in [2.45, 2.75) is 0 Å². The zero-order valence-electron chi connectivity index (χ0n) is 13.1. The third-order valence-electron chi connectivity index (χ3n) is 3.95. The number of aryl methyl sites for hydroxylation is 1. The number of hydrogen-bond acceptors (Lipinski definition) is 6. The molecule has 0 fully saturated rings. The van der Waals surface area contributed by atoms with Gasteiger partial charge >= 0.3 is 5.97 Å². The molecule has 3 aromatic heterocycles. The predicted molar refractivity (Wildman–Crippen MR) is 89.3 cm³/mol. The van der Waals surface area contributed by atoms with Gasteiger partial charge in [-0.3, -0.25) is 0 Å². The highest BCUT2D eigenvalue weighted by Crippen LogP contribution is 2.31. The molecule has 8 heteroatoms. The smallest absolute Gasteiger partial charge is 0.337 e. The van der Waals surface area contributed by atoms with Crippen LogP contribution in [0.2, 0.25) is 0 Å². The number of H-pyrrole nitrogens is 1. The molecule has 1 aromatic carbocycles. The SMILES string of the molecule is COC(=O)c1ccc2cc(-c3nn(C)c4ncnc(N)c34)[nH]c2c1. The fourth-order valence-electron chi connectivity index (χ4n) is 2.80. The second-order valence-electron chi connectivity index (χ2n) is 5.41. The van der Waals surface area contributed by atoms with Crippen LogP contribution < -0.4 is 5.73 Å². The summed E-state index contributed by atoms with van der Waals surface area (Å²) in [5.74, 6) is -0.00835. The van der Waals surface area contributed by atoms with Crippen molar-refractivity contribution in [3.63, 3.8) is 0 Å². The highest BCUT2D eigenvalue weighted by Gasteiger charge is 2.17. The zero-order chi connectivity index (χ0) is 16.8. The molecule has 0 amide bonds. The molecule has 0 aliphatic rings. The maximum Gasteiger partial charge on any atom is 0.337 e. The summed E-state index contributed by atoms with van der Waals surface area (Å²) in [7, 11) is 3.16. The average molecular weight is 322 g/mol. The molecule has 4 rings (SSSR count). The van der Waals surface area contributed by atoms with Gasteiger partial charge in [-0.15, -0.1) is 0 Å². The molecule has 0 aliphatic carbocycles. The number of nitrogens with one attached hydrogen (secondary N) is 1. The van der Waals surface area contributed by atoms with E-state index >= 15 is 0 Å². The quantitative estimate of drug-likeness (QED) is 0.545. The summed E-state index contributed by atoms with van der Waals surface area (Å²) < 4.78 is 6.41. The topological polar surface area (TPSA) is 112 Å². The van der Waals surface area contributed by atoms with Crippen LogP contribution in [0, 0.1) is 0 Å². The molecule has 0 unspecified atom stereocenters. The van der Waals surface area contributed by atoms with E-state index in [2.05, 4.69) is 20.1 Å². The Labute approximate surface area is 136 Å². The number of benzene rings is 1. The number of methoxy groups -OCH3 is 1. The number of nitrogens with zero attached hydrogens (tertiary/aromatic N) is 4. The number of ether oxygens (including phenoxy) is 1. The van der Waals surface area contributed by atoms with Crippen LogP contribution in [0.25, 0.3) is 33.3 Å². The molecule has 0 saturated carbocycles. The second kappa shape index (κ2) is 5.05. The summed E-state index contributed by atoms with van der Waals surface area (Å²) in [5.41, 5.74) is 9.39. The van der Waals surface area contributed by atoms with E-state index in [9.17, 15) is 4.79 Å². The lowest BCUT2D eigenvalue weighted by molar-refractivity contribution is 0.0601. The molecule has 24 heavy (non-hydrogen) atoms. The summed E-state index contributed by atoms with van der Waals surface area (Å²) in [5, 5.41) is 6.15. The Morgan fingerprint density at radius 3 is 2.92 bits per heavy atom. The first-order chi connectivity index (χ1) is 11.6. The number of carbonyl (C=O) groups is 1. The van der Waals surface area contributed by atoms with Crippen LogP contribution in [0.3, 0.4) is 0 Å². The Balaban J connectivity index is 1.93. The Hall–Kier alpha value is -3.42. The Morgan fingerprint density at radius 2 is 2.12 bits per heavy atom. The van der Waals surface area contributed by atoms with Gasteiger partial charge in [-0.2, -0.15) is 5.10 Å². The molecule has 3 heterocycles. The zero-order valence-corrected chi connectivity index (χ0v) is 13.1. The van der Waals surface area contributed by atoms with Crippen molar-refractivity contribution in [3.05, 3.63) is 36.2 Å². The number of nitrogen functional groups attached to an aromatic ring is 1. The third kappa shape index (κ3) is 2.00. The van der Waals surface area contributed by atoms with Gasteiger partial charge in [0, 0.05) is 18.0 Å². The van der Waals surface area contributed by atoms with Crippen molar-refractivity contribution in [1.29, 1.82) is 0 Å². The van der Waals surface area contributed by atoms with Crippen molar-refractivity contribution in [2.75, 3.05) is 12.8 Å². The number of nitrogens with two attached hydrogens (primary N) is 1. The van der Waals surface area contributed by atoms with Crippen molar-refractivity contribution in [3.8, 4) is 11.4 Å². The highest BCUT2D eigenvalue weighted by molar-refractivity contribution is 6.01. The van der Waals surface area contributed by atoms with Crippen LogP contribution in [0.15, 0.2) is 30.6 Å². The van der Waals surface area contributed by atoms with Crippen LogP contribution in [0.5, 0.6) is 0 Å². The first-order valence-corrected chi connectivity index (χ1v) is 7.23. The summed E-state index contributed by atoms with van der Waals surface area (Å²) in [6, 6.07) is 7.27. The Bertz CT molecular complexity index is 1090. The van der Waals surface area contributed by atoms with Crippen molar-refractivity contribution >= 4 is 33.7 Å². The lowest BCUT2D eigenvalue weighted by atomic mass is 10.1. The molecule has 120 valence electrons. The minimum absolute atomic E-state index is 0.372. The standard InChI is InChI=1S/C16H14N6O2/c1-22-15-12(14(17)18-7-19-15)13(21-22)11-5-8-3-4-9(16(23)24-2)6-10(8)20-11/h3-7,20H,1-2H3,(H2,17,18,19). The normalized spacial score (nSPS) is 11.2. The molecular weight excluding hydrogens is 308 g/mol. The van der Waals surface area contributed by atoms with Gasteiger partial charge in [0.25, 0.3) is 0 Å². The van der Waals surface area contributed by atoms with E-state index < -0.39 is 0 Å². The fraction of sp³-hybridized carbons (Fsp3) is 0.125. The lowest BCUT2D eigenvalue weighted by Crippen LogP contribution is -2.00. The number of esters is 1.